The number of likely N-dealkylation sites (tertiary alicyclic amines) is 2. The molecule has 1 spiro atoms. The molecule has 40 heavy (non-hydrogen) atoms. The quantitative estimate of drug-likeness (QED) is 0.438. The van der Waals surface area contributed by atoms with Gasteiger partial charge in [-0.2, -0.15) is 5.10 Å². The summed E-state index contributed by atoms with van der Waals surface area (Å²) in [4.78, 5) is 55.9. The zero-order valence-corrected chi connectivity index (χ0v) is 23.5. The number of aliphatic hydroxyl groups is 1. The van der Waals surface area contributed by atoms with E-state index in [2.05, 4.69) is 29.6 Å². The minimum Gasteiger partial charge on any atom is -0.391 e. The molecule has 3 heterocycles. The summed E-state index contributed by atoms with van der Waals surface area (Å²) in [5.41, 5.74) is 0.849. The Morgan fingerprint density at radius 2 is 1.73 bits per heavy atom. The molecule has 2 aliphatic heterocycles. The highest BCUT2D eigenvalue weighted by atomic mass is 16.3. The number of aliphatic hydroxyl groups excluding tert-OH is 1. The fraction of sp³-hybridized carbons (Fsp3) is 0.552. The molecule has 214 valence electrons. The van der Waals surface area contributed by atoms with Gasteiger partial charge in [0.2, 0.25) is 17.7 Å². The zero-order valence-electron chi connectivity index (χ0n) is 23.5. The van der Waals surface area contributed by atoms with Crippen LogP contribution in [0.15, 0.2) is 42.7 Å². The summed E-state index contributed by atoms with van der Waals surface area (Å²) in [6.45, 7) is 7.30. The summed E-state index contributed by atoms with van der Waals surface area (Å²) >= 11 is 0. The molecule has 0 bridgehead atoms. The first-order chi connectivity index (χ1) is 18.9. The summed E-state index contributed by atoms with van der Waals surface area (Å²) in [7, 11) is 1.44. The van der Waals surface area contributed by atoms with Crippen molar-refractivity contribution in [3.63, 3.8) is 0 Å². The third-order valence-corrected chi connectivity index (χ3v) is 8.76. The third-order valence-electron chi connectivity index (χ3n) is 8.76. The van der Waals surface area contributed by atoms with Gasteiger partial charge in [0.15, 0.2) is 0 Å². The second kappa shape index (κ2) is 10.3. The third kappa shape index (κ3) is 5.22. The maximum absolute atomic E-state index is 13.6. The number of rotatable bonds is 8. The van der Waals surface area contributed by atoms with Crippen molar-refractivity contribution in [1.82, 2.24) is 30.2 Å². The van der Waals surface area contributed by atoms with Crippen molar-refractivity contribution in [3.05, 3.63) is 53.9 Å². The van der Waals surface area contributed by atoms with Crippen molar-refractivity contribution < 1.29 is 24.3 Å². The van der Waals surface area contributed by atoms with Crippen molar-refractivity contribution >= 4 is 23.6 Å². The first-order valence-corrected chi connectivity index (χ1v) is 13.8. The number of amides is 4. The number of benzene rings is 1. The molecule has 3 aliphatic rings. The Hall–Kier alpha value is -3.73. The maximum Gasteiger partial charge on any atom is 0.257 e. The molecule has 4 amide bonds. The number of hydrogen-bond acceptors (Lipinski definition) is 6. The van der Waals surface area contributed by atoms with E-state index in [4.69, 9.17) is 0 Å². The number of likely N-dealkylation sites (N-methyl/N-ethyl adjacent to an activating group) is 1. The summed E-state index contributed by atoms with van der Waals surface area (Å²) in [6.07, 6.45) is 2.98. The molecule has 11 heteroatoms. The minimum absolute atomic E-state index is 0.00774. The molecule has 1 aromatic heterocycles. The molecule has 2 saturated heterocycles. The Morgan fingerprint density at radius 1 is 1.07 bits per heavy atom. The first kappa shape index (κ1) is 27.8. The molecule has 3 N–H and O–H groups in total. The van der Waals surface area contributed by atoms with E-state index in [1.807, 2.05) is 30.3 Å². The van der Waals surface area contributed by atoms with E-state index < -0.39 is 35.3 Å². The van der Waals surface area contributed by atoms with E-state index >= 15 is 0 Å². The van der Waals surface area contributed by atoms with Crippen molar-refractivity contribution in [2.75, 3.05) is 33.2 Å². The van der Waals surface area contributed by atoms with Crippen LogP contribution in [0, 0.1) is 22.7 Å². The Labute approximate surface area is 233 Å². The second-order valence-electron chi connectivity index (χ2n) is 12.3. The van der Waals surface area contributed by atoms with E-state index in [9.17, 15) is 24.3 Å². The monoisotopic (exact) mass is 550 g/mol. The Kier molecular flexibility index (Phi) is 7.20. The fourth-order valence-corrected chi connectivity index (χ4v) is 6.11. The van der Waals surface area contributed by atoms with Crippen molar-refractivity contribution in [3.8, 4) is 0 Å². The average molecular weight is 551 g/mol. The van der Waals surface area contributed by atoms with Crippen LogP contribution >= 0.6 is 0 Å². The van der Waals surface area contributed by atoms with Crippen molar-refractivity contribution in [1.29, 1.82) is 0 Å². The van der Waals surface area contributed by atoms with Crippen LogP contribution < -0.4 is 10.6 Å². The molecular weight excluding hydrogens is 512 g/mol. The van der Waals surface area contributed by atoms with Crippen molar-refractivity contribution in [2.24, 2.45) is 22.7 Å². The standard InChI is InChI=1S/C29H38N6O5/c1-18(36)23(25(38)30-4)32-24(37)22-14-33(15-29(22)16-34(17-29)27(40)21-10-28(21,2)3)26(39)20-11-31-35(13-20)12-19-8-6-5-7-9-19/h5-9,11,13,18,21-23,36H,10,12,14-17H2,1-4H3,(H,30,38)(H,32,37)/t18-,21-,22+,23+/m1/s1. The molecule has 4 atom stereocenters. The smallest absolute Gasteiger partial charge is 0.257 e. The highest BCUT2D eigenvalue weighted by molar-refractivity contribution is 5.95. The molecule has 1 aliphatic carbocycles. The van der Waals surface area contributed by atoms with Gasteiger partial charge in [-0.05, 0) is 24.3 Å². The molecule has 3 fully saturated rings. The summed E-state index contributed by atoms with van der Waals surface area (Å²) in [6, 6.07) is 8.69. The van der Waals surface area contributed by atoms with Gasteiger partial charge in [0.05, 0.1) is 30.3 Å². The zero-order chi connectivity index (χ0) is 28.8. The molecule has 1 aromatic carbocycles. The Balaban J connectivity index is 1.33. The SMILES string of the molecule is CNC(=O)[C@@H](NC(=O)[C@@H]1CN(C(=O)c2cnn(Cc3ccccc3)c2)CC12CN(C(=O)[C@H]1CC1(C)C)C2)[C@@H](C)O. The summed E-state index contributed by atoms with van der Waals surface area (Å²) in [5, 5.41) is 19.7. The van der Waals surface area contributed by atoms with E-state index in [0.717, 1.165) is 12.0 Å². The topological polar surface area (TPSA) is 137 Å². The van der Waals surface area contributed by atoms with Gasteiger partial charge in [0, 0.05) is 50.8 Å². The van der Waals surface area contributed by atoms with Crippen LogP contribution in [0.3, 0.4) is 0 Å². The van der Waals surface area contributed by atoms with E-state index in [1.165, 1.54) is 20.2 Å². The van der Waals surface area contributed by atoms with Gasteiger partial charge in [0.1, 0.15) is 6.04 Å². The van der Waals surface area contributed by atoms with Gasteiger partial charge < -0.3 is 25.5 Å². The van der Waals surface area contributed by atoms with E-state index in [0.29, 0.717) is 31.7 Å². The molecule has 5 rings (SSSR count). The Morgan fingerprint density at radius 3 is 2.33 bits per heavy atom. The van der Waals surface area contributed by atoms with Gasteiger partial charge in [-0.15, -0.1) is 0 Å². The van der Waals surface area contributed by atoms with Crippen LogP contribution in [0.1, 0.15) is 43.1 Å². The maximum atomic E-state index is 13.6. The van der Waals surface area contributed by atoms with Gasteiger partial charge in [0.25, 0.3) is 5.91 Å². The predicted octanol–water partition coefficient (Wildman–Crippen LogP) is 0.490. The first-order valence-electron chi connectivity index (χ1n) is 13.8. The number of carbonyl (C=O) groups is 4. The fourth-order valence-electron chi connectivity index (χ4n) is 6.11. The number of nitrogens with zero attached hydrogens (tertiary/aromatic N) is 4. The van der Waals surface area contributed by atoms with Crippen LogP contribution in [0.4, 0.5) is 0 Å². The van der Waals surface area contributed by atoms with Crippen LogP contribution in [-0.4, -0.2) is 93.7 Å². The highest BCUT2D eigenvalue weighted by Crippen LogP contribution is 2.54. The number of carbonyl (C=O) groups excluding carboxylic acids is 4. The lowest BCUT2D eigenvalue weighted by atomic mass is 9.70. The van der Waals surface area contributed by atoms with E-state index in [-0.39, 0.29) is 29.7 Å². The van der Waals surface area contributed by atoms with Gasteiger partial charge in [-0.1, -0.05) is 44.2 Å². The lowest BCUT2D eigenvalue weighted by Gasteiger charge is -2.50. The average Bonchev–Trinajstić information content (AvgIpc) is 3.24. The van der Waals surface area contributed by atoms with Gasteiger partial charge >= 0.3 is 0 Å². The Bertz CT molecular complexity index is 1300. The lowest BCUT2D eigenvalue weighted by Crippen LogP contribution is -2.65. The van der Waals surface area contributed by atoms with Crippen LogP contribution in [0.5, 0.6) is 0 Å². The summed E-state index contributed by atoms with van der Waals surface area (Å²) < 4.78 is 1.70. The van der Waals surface area contributed by atoms with E-state index in [1.54, 1.807) is 20.7 Å². The molecule has 0 unspecified atom stereocenters. The molecule has 1 saturated carbocycles. The lowest BCUT2D eigenvalue weighted by molar-refractivity contribution is -0.152. The molecule has 0 radical (unpaired) electrons. The number of nitrogens with one attached hydrogen (secondary N) is 2. The molecule has 11 nitrogen and oxygen atoms in total. The highest BCUT2D eigenvalue weighted by Gasteiger charge is 2.62. The second-order valence-corrected chi connectivity index (χ2v) is 12.3. The van der Waals surface area contributed by atoms with Gasteiger partial charge in [-0.25, -0.2) is 0 Å². The van der Waals surface area contributed by atoms with Crippen LogP contribution in [0.2, 0.25) is 0 Å². The predicted molar refractivity (Wildman–Crippen MR) is 146 cm³/mol. The molecule has 2 aromatic rings. The van der Waals surface area contributed by atoms with Crippen molar-refractivity contribution in [2.45, 2.75) is 45.9 Å². The molecular formula is C29H38N6O5. The minimum atomic E-state index is -1.12. The normalized spacial score (nSPS) is 23.7. The summed E-state index contributed by atoms with van der Waals surface area (Å²) in [5.74, 6) is -1.72. The number of aromatic nitrogens is 2. The van der Waals surface area contributed by atoms with Gasteiger partial charge in [-0.3, -0.25) is 23.9 Å². The van der Waals surface area contributed by atoms with Crippen LogP contribution in [0.25, 0.3) is 0 Å². The number of hydrogen-bond donors (Lipinski definition) is 3. The largest absolute Gasteiger partial charge is 0.391 e. The van der Waals surface area contributed by atoms with Crippen LogP contribution in [-0.2, 0) is 20.9 Å².